The van der Waals surface area contributed by atoms with Crippen molar-refractivity contribution >= 4 is 12.0 Å². The lowest BCUT2D eigenvalue weighted by Crippen LogP contribution is -2.12. The Morgan fingerprint density at radius 2 is 2.36 bits per heavy atom. The van der Waals surface area contributed by atoms with Crippen LogP contribution >= 0.6 is 0 Å². The maximum atomic E-state index is 10.7. The summed E-state index contributed by atoms with van der Waals surface area (Å²) in [6, 6.07) is 0. The second-order valence-corrected chi connectivity index (χ2v) is 2.92. The molecule has 0 aromatic rings. The molecule has 0 saturated heterocycles. The molecule has 0 fully saturated rings. The van der Waals surface area contributed by atoms with Gasteiger partial charge in [-0.15, -0.1) is 0 Å². The van der Waals surface area contributed by atoms with Crippen LogP contribution in [0.4, 0.5) is 0 Å². The maximum Gasteiger partial charge on any atom is 0.330 e. The van der Waals surface area contributed by atoms with E-state index in [1.165, 1.54) is 6.08 Å². The number of esters is 1. The number of aliphatic imine (C=N–C) groups is 1. The molecule has 1 atom stereocenters. The van der Waals surface area contributed by atoms with E-state index in [0.717, 1.165) is 25.3 Å². The molecule has 1 unspecified atom stereocenters. The van der Waals surface area contributed by atoms with E-state index in [0.29, 0.717) is 6.54 Å². The third-order valence-corrected chi connectivity index (χ3v) is 1.68. The van der Waals surface area contributed by atoms with Gasteiger partial charge in [-0.05, 0) is 26.2 Å². The molecule has 0 aromatic heterocycles. The summed E-state index contributed by atoms with van der Waals surface area (Å²) in [5.41, 5.74) is 0. The van der Waals surface area contributed by atoms with Gasteiger partial charge in [0, 0.05) is 6.08 Å². The summed E-state index contributed by atoms with van der Waals surface area (Å²) in [6.45, 7) is 5.62. The fourth-order valence-corrected chi connectivity index (χ4v) is 0.974. The molecule has 4 nitrogen and oxygen atoms in total. The minimum atomic E-state index is -0.400. The number of unbranched alkanes of at least 4 members (excludes halogenated alkanes) is 1. The molecule has 0 aliphatic rings. The Bertz CT molecular complexity index is 232. The number of nitrogens with zero attached hydrogens (tertiary/aromatic N) is 1. The Labute approximate surface area is 83.7 Å². The number of ether oxygens (including phenoxy) is 1. The quantitative estimate of drug-likeness (QED) is 0.205. The Morgan fingerprint density at radius 1 is 1.64 bits per heavy atom. The third-order valence-electron chi connectivity index (χ3n) is 1.68. The van der Waals surface area contributed by atoms with E-state index >= 15 is 0 Å². The molecular formula is C10H15NO3. The summed E-state index contributed by atoms with van der Waals surface area (Å²) < 4.78 is 4.94. The lowest BCUT2D eigenvalue weighted by Gasteiger charge is -2.10. The van der Waals surface area contributed by atoms with Gasteiger partial charge in [-0.2, -0.15) is 0 Å². The van der Waals surface area contributed by atoms with Crippen LogP contribution in [0, 0.1) is 0 Å². The average Bonchev–Trinajstić information content (AvgIpc) is 2.17. The summed E-state index contributed by atoms with van der Waals surface area (Å²) in [5.74, 6) is -0.400. The molecule has 0 spiro atoms. The van der Waals surface area contributed by atoms with Crippen LogP contribution in [0.2, 0.25) is 0 Å². The van der Waals surface area contributed by atoms with Crippen molar-refractivity contribution in [2.45, 2.75) is 32.3 Å². The molecule has 4 heteroatoms. The van der Waals surface area contributed by atoms with E-state index in [-0.39, 0.29) is 6.10 Å². The minimum absolute atomic E-state index is 0.110. The van der Waals surface area contributed by atoms with Crippen LogP contribution in [0.5, 0.6) is 0 Å². The maximum absolute atomic E-state index is 10.7. The zero-order valence-corrected chi connectivity index (χ0v) is 8.36. The molecule has 78 valence electrons. The molecule has 0 amide bonds. The normalized spacial score (nSPS) is 11.2. The van der Waals surface area contributed by atoms with Gasteiger partial charge in [0.05, 0.1) is 12.6 Å². The summed E-state index contributed by atoms with van der Waals surface area (Å²) in [7, 11) is 0. The number of carbonyl (C=O) groups is 1. The Kier molecular flexibility index (Phi) is 7.37. The van der Waals surface area contributed by atoms with Crippen molar-refractivity contribution in [1.82, 2.24) is 0 Å². The van der Waals surface area contributed by atoms with E-state index in [2.05, 4.69) is 11.6 Å². The first-order valence-corrected chi connectivity index (χ1v) is 4.57. The van der Waals surface area contributed by atoms with Crippen molar-refractivity contribution in [2.75, 3.05) is 6.54 Å². The topological polar surface area (TPSA) is 55.7 Å². The molecule has 0 heterocycles. The van der Waals surface area contributed by atoms with Crippen molar-refractivity contribution in [3.05, 3.63) is 12.7 Å². The molecule has 0 saturated carbocycles. The largest absolute Gasteiger partial charge is 0.460 e. The fraction of sp³-hybridized carbons (Fsp3) is 0.600. The van der Waals surface area contributed by atoms with Crippen LogP contribution in [0.3, 0.4) is 0 Å². The summed E-state index contributed by atoms with van der Waals surface area (Å²) in [4.78, 5) is 23.9. The van der Waals surface area contributed by atoms with Crippen LogP contribution in [0.15, 0.2) is 17.6 Å². The highest BCUT2D eigenvalue weighted by atomic mass is 16.5. The molecule has 0 aromatic carbocycles. The highest BCUT2D eigenvalue weighted by Gasteiger charge is 2.05. The van der Waals surface area contributed by atoms with Crippen LogP contribution in [0.25, 0.3) is 0 Å². The number of hydrogen-bond acceptors (Lipinski definition) is 4. The molecule has 14 heavy (non-hydrogen) atoms. The summed E-state index contributed by atoms with van der Waals surface area (Å²) >= 11 is 0. The molecule has 0 aliphatic heterocycles. The van der Waals surface area contributed by atoms with Crippen LogP contribution < -0.4 is 0 Å². The SMILES string of the molecule is C=CC(=O)OC(C)CCCCN=C=O. The van der Waals surface area contributed by atoms with Gasteiger partial charge in [-0.25, -0.2) is 14.6 Å². The van der Waals surface area contributed by atoms with Gasteiger partial charge in [0.25, 0.3) is 0 Å². The van der Waals surface area contributed by atoms with E-state index in [9.17, 15) is 9.59 Å². The zero-order valence-electron chi connectivity index (χ0n) is 8.36. The third kappa shape index (κ3) is 7.25. The van der Waals surface area contributed by atoms with Gasteiger partial charge < -0.3 is 4.74 Å². The van der Waals surface area contributed by atoms with E-state index in [1.54, 1.807) is 0 Å². The fourth-order valence-electron chi connectivity index (χ4n) is 0.974. The number of rotatable bonds is 7. The van der Waals surface area contributed by atoms with E-state index in [4.69, 9.17) is 4.74 Å². The van der Waals surface area contributed by atoms with E-state index < -0.39 is 5.97 Å². The first-order chi connectivity index (χ1) is 6.70. The van der Waals surface area contributed by atoms with Crippen LogP contribution in [0.1, 0.15) is 26.2 Å². The predicted molar refractivity (Wildman–Crippen MR) is 52.6 cm³/mol. The van der Waals surface area contributed by atoms with Crippen LogP contribution in [-0.4, -0.2) is 24.7 Å². The van der Waals surface area contributed by atoms with Gasteiger partial charge in [-0.3, -0.25) is 0 Å². The van der Waals surface area contributed by atoms with Gasteiger partial charge >= 0.3 is 5.97 Å². The molecule has 0 aliphatic carbocycles. The standard InChI is InChI=1S/C10H15NO3/c1-3-10(13)14-9(2)6-4-5-7-11-8-12/h3,9H,1,4-7H2,2H3. The van der Waals surface area contributed by atoms with Crippen molar-refractivity contribution in [3.8, 4) is 0 Å². The predicted octanol–water partition coefficient (Wildman–Crippen LogP) is 1.61. The zero-order chi connectivity index (χ0) is 10.8. The number of hydrogen-bond donors (Lipinski definition) is 0. The Morgan fingerprint density at radius 3 is 2.93 bits per heavy atom. The highest BCUT2D eigenvalue weighted by Crippen LogP contribution is 2.04. The van der Waals surface area contributed by atoms with Gasteiger partial charge in [0.2, 0.25) is 6.08 Å². The Hall–Kier alpha value is -1.41. The molecular weight excluding hydrogens is 182 g/mol. The molecule has 0 radical (unpaired) electrons. The van der Waals surface area contributed by atoms with Crippen molar-refractivity contribution < 1.29 is 14.3 Å². The van der Waals surface area contributed by atoms with Gasteiger partial charge in [-0.1, -0.05) is 6.58 Å². The lowest BCUT2D eigenvalue weighted by molar-refractivity contribution is -0.142. The first kappa shape index (κ1) is 12.6. The first-order valence-electron chi connectivity index (χ1n) is 4.57. The summed E-state index contributed by atoms with van der Waals surface area (Å²) in [6.07, 6.45) is 4.96. The van der Waals surface area contributed by atoms with E-state index in [1.807, 2.05) is 6.92 Å². The van der Waals surface area contributed by atoms with Crippen molar-refractivity contribution in [1.29, 1.82) is 0 Å². The van der Waals surface area contributed by atoms with Gasteiger partial charge in [0.15, 0.2) is 0 Å². The monoisotopic (exact) mass is 197 g/mol. The minimum Gasteiger partial charge on any atom is -0.460 e. The summed E-state index contributed by atoms with van der Waals surface area (Å²) in [5, 5.41) is 0. The van der Waals surface area contributed by atoms with Gasteiger partial charge in [0.1, 0.15) is 0 Å². The smallest absolute Gasteiger partial charge is 0.330 e. The Balaban J connectivity index is 3.43. The molecule has 0 N–H and O–H groups in total. The van der Waals surface area contributed by atoms with Crippen molar-refractivity contribution in [2.24, 2.45) is 4.99 Å². The molecule has 0 bridgehead atoms. The molecule has 0 rings (SSSR count). The average molecular weight is 197 g/mol. The lowest BCUT2D eigenvalue weighted by atomic mass is 10.2. The highest BCUT2D eigenvalue weighted by molar-refractivity contribution is 5.81. The second-order valence-electron chi connectivity index (χ2n) is 2.92. The second kappa shape index (κ2) is 8.20. The number of isocyanates is 1. The van der Waals surface area contributed by atoms with Crippen LogP contribution in [-0.2, 0) is 14.3 Å². The number of carbonyl (C=O) groups excluding carboxylic acids is 2. The van der Waals surface area contributed by atoms with Crippen molar-refractivity contribution in [3.63, 3.8) is 0 Å².